The molecule has 1 saturated carbocycles. The molecular weight excluding hydrogens is 500 g/mol. The highest BCUT2D eigenvalue weighted by Gasteiger charge is 2.40. The summed E-state index contributed by atoms with van der Waals surface area (Å²) in [5, 5.41) is 14.7. The molecule has 0 heterocycles. The van der Waals surface area contributed by atoms with E-state index in [0.717, 1.165) is 44.1 Å². The second-order valence-corrected chi connectivity index (χ2v) is 12.9. The zero-order valence-electron chi connectivity index (χ0n) is 23.2. The Kier molecular flexibility index (Phi) is 10.8. The molecule has 1 amide bonds. The molecule has 0 radical (unpaired) electrons. The molecule has 0 saturated heterocycles. The third kappa shape index (κ3) is 7.58. The van der Waals surface area contributed by atoms with Crippen LogP contribution in [0.5, 0.6) is 5.75 Å². The van der Waals surface area contributed by atoms with E-state index in [0.29, 0.717) is 12.2 Å². The predicted molar refractivity (Wildman–Crippen MR) is 150 cm³/mol. The second kappa shape index (κ2) is 13.6. The summed E-state index contributed by atoms with van der Waals surface area (Å²) < 4.78 is 33.8. The molecule has 2 atom stereocenters. The molecule has 2 unspecified atom stereocenters. The quantitative estimate of drug-likeness (QED) is 0.378. The first kappa shape index (κ1) is 30.1. The molecule has 0 spiro atoms. The number of nitrogens with one attached hydrogen (secondary N) is 1. The molecule has 2 N–H and O–H groups in total. The fraction of sp³-hybridized carbons (Fsp3) is 0.567. The van der Waals surface area contributed by atoms with E-state index < -0.39 is 27.6 Å². The van der Waals surface area contributed by atoms with Gasteiger partial charge in [0.15, 0.2) is 0 Å². The third-order valence-corrected chi connectivity index (χ3v) is 9.55. The van der Waals surface area contributed by atoms with E-state index in [9.17, 15) is 18.3 Å². The van der Waals surface area contributed by atoms with Crippen molar-refractivity contribution in [2.75, 3.05) is 20.2 Å². The van der Waals surface area contributed by atoms with Gasteiger partial charge < -0.3 is 15.2 Å². The van der Waals surface area contributed by atoms with Gasteiger partial charge in [-0.3, -0.25) is 4.79 Å². The molecular formula is C30H44N2O5S. The molecule has 0 aliphatic heterocycles. The highest BCUT2D eigenvalue weighted by atomic mass is 32.2. The lowest BCUT2D eigenvalue weighted by Crippen LogP contribution is -2.54. The number of hydrogen-bond acceptors (Lipinski definition) is 5. The number of ether oxygens (including phenoxy) is 1. The second-order valence-electron chi connectivity index (χ2n) is 10.9. The lowest BCUT2D eigenvalue weighted by Gasteiger charge is -2.38. The van der Waals surface area contributed by atoms with Crippen molar-refractivity contribution in [3.63, 3.8) is 0 Å². The van der Waals surface area contributed by atoms with E-state index in [-0.39, 0.29) is 29.8 Å². The third-order valence-electron chi connectivity index (χ3n) is 7.71. The molecule has 210 valence electrons. The van der Waals surface area contributed by atoms with Gasteiger partial charge in [-0.25, -0.2) is 8.42 Å². The van der Waals surface area contributed by atoms with Gasteiger partial charge in [-0.05, 0) is 61.4 Å². The molecule has 0 aromatic heterocycles. The van der Waals surface area contributed by atoms with Gasteiger partial charge in [-0.1, -0.05) is 70.4 Å². The number of hydrogen-bond donors (Lipinski definition) is 2. The van der Waals surface area contributed by atoms with E-state index in [1.54, 1.807) is 12.1 Å². The maximum absolute atomic E-state index is 13.6. The first-order chi connectivity index (χ1) is 18.1. The number of aliphatic hydroxyl groups is 1. The zero-order chi connectivity index (χ0) is 27.8. The predicted octanol–water partition coefficient (Wildman–Crippen LogP) is 4.79. The molecule has 2 aromatic rings. The highest BCUT2D eigenvalue weighted by molar-refractivity contribution is 7.89. The van der Waals surface area contributed by atoms with Crippen LogP contribution in [-0.4, -0.2) is 56.1 Å². The first-order valence-electron chi connectivity index (χ1n) is 13.8. The van der Waals surface area contributed by atoms with Gasteiger partial charge in [-0.2, -0.15) is 4.31 Å². The fourth-order valence-corrected chi connectivity index (χ4v) is 6.97. The van der Waals surface area contributed by atoms with Crippen LogP contribution in [0.1, 0.15) is 64.9 Å². The topological polar surface area (TPSA) is 95.9 Å². The van der Waals surface area contributed by atoms with E-state index >= 15 is 0 Å². The summed E-state index contributed by atoms with van der Waals surface area (Å²) in [6, 6.07) is 15.3. The van der Waals surface area contributed by atoms with Crippen molar-refractivity contribution >= 4 is 15.9 Å². The summed E-state index contributed by atoms with van der Waals surface area (Å²) in [5.41, 5.74) is 0.541. The van der Waals surface area contributed by atoms with Crippen LogP contribution >= 0.6 is 0 Å². The van der Waals surface area contributed by atoms with Crippen LogP contribution in [0.15, 0.2) is 59.5 Å². The van der Waals surface area contributed by atoms with Crippen LogP contribution in [0.4, 0.5) is 0 Å². The number of benzene rings is 2. The summed E-state index contributed by atoms with van der Waals surface area (Å²) in [6.07, 6.45) is 4.93. The van der Waals surface area contributed by atoms with E-state index in [1.165, 1.54) is 23.5 Å². The summed E-state index contributed by atoms with van der Waals surface area (Å²) in [6.45, 7) is 6.07. The number of carbonyl (C=O) groups excluding carboxylic acids is 1. The monoisotopic (exact) mass is 544 g/mol. The number of methoxy groups -OCH3 is 1. The lowest BCUT2D eigenvalue weighted by atomic mass is 9.71. The van der Waals surface area contributed by atoms with Crippen LogP contribution in [0.2, 0.25) is 0 Å². The summed E-state index contributed by atoms with van der Waals surface area (Å²) >= 11 is 0. The number of aliphatic hydroxyl groups excluding tert-OH is 1. The van der Waals surface area contributed by atoms with Gasteiger partial charge >= 0.3 is 0 Å². The van der Waals surface area contributed by atoms with Crippen molar-refractivity contribution < 1.29 is 23.1 Å². The maximum Gasteiger partial charge on any atom is 0.243 e. The number of sulfonamides is 1. The summed E-state index contributed by atoms with van der Waals surface area (Å²) in [7, 11) is -2.35. The number of amides is 1. The van der Waals surface area contributed by atoms with Crippen molar-refractivity contribution in [3.8, 4) is 5.75 Å². The Labute approximate surface area is 228 Å². The van der Waals surface area contributed by atoms with Gasteiger partial charge in [0.05, 0.1) is 24.2 Å². The molecule has 1 fully saturated rings. The van der Waals surface area contributed by atoms with Crippen LogP contribution in [0, 0.1) is 11.3 Å². The summed E-state index contributed by atoms with van der Waals surface area (Å²) in [5.74, 6) is 0.577. The van der Waals surface area contributed by atoms with Crippen molar-refractivity contribution in [1.29, 1.82) is 0 Å². The van der Waals surface area contributed by atoms with E-state index in [1.807, 2.05) is 44.2 Å². The van der Waals surface area contributed by atoms with Gasteiger partial charge in [0.25, 0.3) is 0 Å². The van der Waals surface area contributed by atoms with Gasteiger partial charge in [0.2, 0.25) is 15.9 Å². The van der Waals surface area contributed by atoms with Gasteiger partial charge in [-0.15, -0.1) is 0 Å². The minimum atomic E-state index is -3.88. The molecule has 2 aromatic carbocycles. The lowest BCUT2D eigenvalue weighted by molar-refractivity contribution is -0.135. The Morgan fingerprint density at radius 3 is 2.21 bits per heavy atom. The fourth-order valence-electron chi connectivity index (χ4n) is 5.35. The Bertz CT molecular complexity index is 1110. The minimum absolute atomic E-state index is 0.0342. The standard InChI is InChI=1S/C30H44N2O5S/c1-5-30(18-10-7-11-19-30)29(34)31-27(20-24-12-8-6-9-13-24)28(33)22-32(21-23(2)3)38(35,36)26-16-14-25(37-4)15-17-26/h6,8-9,12-17,23,27-28,33H,5,7,10-11,18-22H2,1-4H3,(H,31,34). The first-order valence-corrected chi connectivity index (χ1v) is 15.2. The molecule has 3 rings (SSSR count). The van der Waals surface area contributed by atoms with E-state index in [4.69, 9.17) is 4.74 Å². The Morgan fingerprint density at radius 2 is 1.66 bits per heavy atom. The van der Waals surface area contributed by atoms with Gasteiger partial charge in [0.1, 0.15) is 5.75 Å². The molecule has 1 aliphatic rings. The Morgan fingerprint density at radius 1 is 1.03 bits per heavy atom. The van der Waals surface area contributed by atoms with Crippen LogP contribution in [0.3, 0.4) is 0 Å². The van der Waals surface area contributed by atoms with Crippen molar-refractivity contribution in [3.05, 3.63) is 60.2 Å². The van der Waals surface area contributed by atoms with Crippen LogP contribution in [0.25, 0.3) is 0 Å². The minimum Gasteiger partial charge on any atom is -0.497 e. The number of nitrogens with zero attached hydrogens (tertiary/aromatic N) is 1. The largest absolute Gasteiger partial charge is 0.497 e. The average molecular weight is 545 g/mol. The average Bonchev–Trinajstić information content (AvgIpc) is 2.92. The molecule has 8 heteroatoms. The highest BCUT2D eigenvalue weighted by Crippen LogP contribution is 2.39. The van der Waals surface area contributed by atoms with E-state index in [2.05, 4.69) is 12.2 Å². The normalized spacial score (nSPS) is 17.2. The van der Waals surface area contributed by atoms with Crippen molar-refractivity contribution in [1.82, 2.24) is 9.62 Å². The molecule has 0 bridgehead atoms. The molecule has 1 aliphatic carbocycles. The number of carbonyl (C=O) groups is 1. The molecule has 38 heavy (non-hydrogen) atoms. The number of rotatable bonds is 13. The maximum atomic E-state index is 13.6. The SMILES string of the molecule is CCC1(C(=O)NC(Cc2ccccc2)C(O)CN(CC(C)C)S(=O)(=O)c2ccc(OC)cc2)CCCCC1. The summed E-state index contributed by atoms with van der Waals surface area (Å²) in [4.78, 5) is 13.8. The molecule has 7 nitrogen and oxygen atoms in total. The van der Waals surface area contributed by atoms with Crippen molar-refractivity contribution in [2.24, 2.45) is 11.3 Å². The Balaban J connectivity index is 1.88. The smallest absolute Gasteiger partial charge is 0.243 e. The van der Waals surface area contributed by atoms with Crippen molar-refractivity contribution in [2.45, 2.75) is 82.8 Å². The zero-order valence-corrected chi connectivity index (χ0v) is 24.0. The van der Waals surface area contributed by atoms with Crippen LogP contribution in [-0.2, 0) is 21.2 Å². The van der Waals surface area contributed by atoms with Gasteiger partial charge in [0, 0.05) is 18.5 Å². The van der Waals surface area contributed by atoms with Crippen LogP contribution < -0.4 is 10.1 Å². The Hall–Kier alpha value is -2.42.